The van der Waals surface area contributed by atoms with Crippen molar-refractivity contribution in [3.05, 3.63) is 441 Å². The zero-order chi connectivity index (χ0) is 74.4. The lowest BCUT2D eigenvalue weighted by Gasteiger charge is -2.36. The van der Waals surface area contributed by atoms with E-state index in [-0.39, 0.29) is 34.3 Å². The molecular formula is C100H62N8O4. The molecule has 0 saturated heterocycles. The first-order chi connectivity index (χ1) is 55.2. The maximum absolute atomic E-state index is 15.4. The van der Waals surface area contributed by atoms with E-state index >= 15 is 9.59 Å². The van der Waals surface area contributed by atoms with E-state index in [0.717, 1.165) is 110 Å². The third kappa shape index (κ3) is 9.94. The van der Waals surface area contributed by atoms with Gasteiger partial charge in [-0.05, 0) is 178 Å². The van der Waals surface area contributed by atoms with Crippen LogP contribution in [-0.4, -0.2) is 43.1 Å². The summed E-state index contributed by atoms with van der Waals surface area (Å²) in [5.74, 6) is 2.43. The summed E-state index contributed by atoms with van der Waals surface area (Å²) in [7, 11) is 0. The molecule has 112 heavy (non-hydrogen) atoms. The fourth-order valence-electron chi connectivity index (χ4n) is 18.1. The molecule has 0 unspecified atom stereocenters. The number of carbonyl (C=O) groups is 4. The molecule has 12 nitrogen and oxygen atoms in total. The van der Waals surface area contributed by atoms with E-state index in [2.05, 4.69) is 183 Å². The summed E-state index contributed by atoms with van der Waals surface area (Å²) >= 11 is 0. The number of benzene rings is 14. The van der Waals surface area contributed by atoms with Crippen molar-refractivity contribution >= 4 is 90.0 Å². The number of nitrogens with zero attached hydrogens (tertiary/aromatic N) is 8. The number of aromatic nitrogens is 4. The summed E-state index contributed by atoms with van der Waals surface area (Å²) in [6.45, 7) is 0. The van der Waals surface area contributed by atoms with Crippen LogP contribution < -0.4 is 19.6 Å². The van der Waals surface area contributed by atoms with Gasteiger partial charge in [-0.2, -0.15) is 0 Å². The van der Waals surface area contributed by atoms with Gasteiger partial charge in [-0.3, -0.25) is 38.8 Å². The van der Waals surface area contributed by atoms with Gasteiger partial charge in [0.25, 0.3) is 0 Å². The molecule has 0 amide bonds. The zero-order valence-corrected chi connectivity index (χ0v) is 60.0. The fourth-order valence-corrected chi connectivity index (χ4v) is 18.1. The molecule has 0 atom stereocenters. The van der Waals surface area contributed by atoms with Crippen molar-refractivity contribution in [1.82, 2.24) is 19.9 Å². The number of Topliss-reactive ketones (excluding diaryl/α,β-unsaturated/α-hetero) is 4. The van der Waals surface area contributed by atoms with Gasteiger partial charge in [0.2, 0.25) is 0 Å². The highest BCUT2D eigenvalue weighted by Gasteiger charge is 2.50. The van der Waals surface area contributed by atoms with E-state index in [9.17, 15) is 9.59 Å². The Kier molecular flexibility index (Phi) is 14.6. The zero-order valence-electron chi connectivity index (χ0n) is 60.0. The van der Waals surface area contributed by atoms with Gasteiger partial charge in [-0.25, -0.2) is 19.9 Å². The highest BCUT2D eigenvalue weighted by molar-refractivity contribution is 6.41. The Morgan fingerprint density at radius 2 is 0.562 bits per heavy atom. The number of allylic oxidation sites excluding steroid dienone is 6. The van der Waals surface area contributed by atoms with Crippen molar-refractivity contribution in [2.75, 3.05) is 19.6 Å². The maximum Gasteiger partial charge on any atom is 0.197 e. The molecule has 0 spiro atoms. The summed E-state index contributed by atoms with van der Waals surface area (Å²) in [5.41, 5.74) is 18.7. The van der Waals surface area contributed by atoms with E-state index in [4.69, 9.17) is 19.9 Å². The number of anilines is 4. The first-order valence-electron chi connectivity index (χ1n) is 37.7. The second-order valence-corrected chi connectivity index (χ2v) is 29.2. The molecule has 4 heterocycles. The van der Waals surface area contributed by atoms with Crippen molar-refractivity contribution in [2.24, 2.45) is 0 Å². The van der Waals surface area contributed by atoms with Crippen LogP contribution >= 0.6 is 0 Å². The van der Waals surface area contributed by atoms with Crippen LogP contribution in [0.1, 0.15) is 110 Å². The summed E-state index contributed by atoms with van der Waals surface area (Å²) < 4.78 is 0. The molecule has 0 N–H and O–H groups in total. The number of fused-ring (bicyclic) bond motifs is 14. The van der Waals surface area contributed by atoms with Gasteiger partial charge in [0, 0.05) is 22.3 Å². The van der Waals surface area contributed by atoms with Crippen molar-refractivity contribution in [3.8, 4) is 33.4 Å². The highest BCUT2D eigenvalue weighted by atomic mass is 16.2. The van der Waals surface area contributed by atoms with Gasteiger partial charge in [0.05, 0.1) is 57.4 Å². The molecule has 526 valence electrons. The second kappa shape index (κ2) is 25.4. The molecule has 2 aliphatic heterocycles. The van der Waals surface area contributed by atoms with Crippen LogP contribution in [0.2, 0.25) is 0 Å². The van der Waals surface area contributed by atoms with Crippen LogP contribution in [0, 0.1) is 0 Å². The van der Waals surface area contributed by atoms with Gasteiger partial charge < -0.3 is 0 Å². The van der Waals surface area contributed by atoms with Crippen molar-refractivity contribution in [2.45, 2.75) is 24.2 Å². The Morgan fingerprint density at radius 1 is 0.250 bits per heavy atom. The first kappa shape index (κ1) is 64.3. The van der Waals surface area contributed by atoms with Gasteiger partial charge >= 0.3 is 0 Å². The van der Waals surface area contributed by atoms with Crippen LogP contribution in [0.15, 0.2) is 375 Å². The predicted molar refractivity (Wildman–Crippen MR) is 442 cm³/mol. The number of carbonyl (C=O) groups excluding carboxylic acids is 4. The average Bonchev–Trinajstić information content (AvgIpc) is 1.54. The van der Waals surface area contributed by atoms with E-state index in [0.29, 0.717) is 68.2 Å². The molecule has 14 aromatic carbocycles. The molecule has 0 saturated carbocycles. The fraction of sp³-hybridized carbons (Fsp3) is 0.0400. The van der Waals surface area contributed by atoms with E-state index in [1.165, 1.54) is 0 Å². The Bertz CT molecular complexity index is 6560. The standard InChI is InChI=1S/C100H62N8O4/c109-93-77(94(110)80-55-64-34-14-13-33-63(64)54-79(80)93)49-52-88-107(91-73-39-19-15-35-69(73)70-36-16-20-40-74(70)91)99-100(108(88)92-75-41-21-17-37-71(75)72-38-18-22-42-76(72)92)104-86-58-67(47-50-85(86)103-99)65-45-46-66-56-81-82(57-68(66)53-65)96(112)78(95(81)111)48-51-87-105(89(59-25-5-1-6-26-59)60-27-7-2-8-28-60)97-98(102-84-44-24-23-43-83(84)101-97)106(87)90(61-29-9-3-10-30-61)62-31-11-4-12-32-62/h1-58,89-92H/b78-48-,88-52-. The van der Waals surface area contributed by atoms with Crippen molar-refractivity contribution in [1.29, 1.82) is 0 Å². The lowest BCUT2D eigenvalue weighted by Crippen LogP contribution is -2.35. The number of rotatable bonds is 11. The molecule has 0 bridgehead atoms. The van der Waals surface area contributed by atoms with E-state index in [1.807, 2.05) is 176 Å². The average molecular weight is 1440 g/mol. The Balaban J connectivity index is 0.681. The minimum atomic E-state index is -0.447. The second-order valence-electron chi connectivity index (χ2n) is 29.2. The smallest absolute Gasteiger partial charge is 0.197 e. The predicted octanol–water partition coefficient (Wildman–Crippen LogP) is 21.6. The third-order valence-electron chi connectivity index (χ3n) is 23.1. The largest absolute Gasteiger partial charge is 0.297 e. The molecule has 0 fully saturated rings. The number of hydrogen-bond donors (Lipinski definition) is 0. The minimum absolute atomic E-state index is 0.0422. The van der Waals surface area contributed by atoms with Gasteiger partial charge in [-0.1, -0.05) is 273 Å². The lowest BCUT2D eigenvalue weighted by molar-refractivity contribution is 0.0973. The number of para-hydroxylation sites is 2. The Morgan fingerprint density at radius 3 is 0.982 bits per heavy atom. The molecule has 2 aromatic heterocycles. The van der Waals surface area contributed by atoms with Gasteiger partial charge in [0.15, 0.2) is 46.4 Å². The summed E-state index contributed by atoms with van der Waals surface area (Å²) in [6, 6.07) is 109. The molecule has 4 aliphatic carbocycles. The Hall–Kier alpha value is -14.9. The number of hydrogen-bond acceptors (Lipinski definition) is 12. The van der Waals surface area contributed by atoms with Crippen LogP contribution in [0.4, 0.5) is 23.3 Å². The molecule has 12 heteroatoms. The van der Waals surface area contributed by atoms with Crippen molar-refractivity contribution in [3.63, 3.8) is 0 Å². The van der Waals surface area contributed by atoms with Gasteiger partial charge in [-0.15, -0.1) is 0 Å². The van der Waals surface area contributed by atoms with Crippen LogP contribution in [0.25, 0.3) is 77.0 Å². The summed E-state index contributed by atoms with van der Waals surface area (Å²) in [5, 5.41) is 3.35. The lowest BCUT2D eigenvalue weighted by atomic mass is 9.96. The molecule has 22 rings (SSSR count). The molecular weight excluding hydrogens is 1380 g/mol. The van der Waals surface area contributed by atoms with E-state index in [1.54, 1.807) is 12.2 Å². The quantitative estimate of drug-likeness (QED) is 0.0902. The SMILES string of the molecule is O=C1C(=C/C=C2/N(C3c4ccccc4-c4ccccc43)c3nc4ccc(-c5ccc6cc7c(cc6c5)C(=O)/C(=C\C=C5N(C(c6ccccc6)c6ccccc6)c6nc8ccccc8nc6N5C(c5ccccc5)c5ccccc5)C7=O)cc4nc3N2C2c3ccccc3-c3ccccc32)C(=O)c2cc3ccccc3cc21. The van der Waals surface area contributed by atoms with Crippen LogP contribution in [-0.2, 0) is 0 Å². The molecule has 16 aromatic rings. The monoisotopic (exact) mass is 1440 g/mol. The maximum atomic E-state index is 15.4. The molecule has 6 aliphatic rings. The van der Waals surface area contributed by atoms with Crippen LogP contribution in [0.5, 0.6) is 0 Å². The first-order valence-corrected chi connectivity index (χ1v) is 37.7. The van der Waals surface area contributed by atoms with Gasteiger partial charge in [0.1, 0.15) is 11.6 Å². The van der Waals surface area contributed by atoms with Crippen molar-refractivity contribution < 1.29 is 19.2 Å². The topological polar surface area (TPSA) is 133 Å². The van der Waals surface area contributed by atoms with E-state index < -0.39 is 24.2 Å². The Labute approximate surface area is 643 Å². The highest BCUT2D eigenvalue weighted by Crippen LogP contribution is 2.59. The third-order valence-corrected chi connectivity index (χ3v) is 23.1. The minimum Gasteiger partial charge on any atom is -0.297 e. The summed E-state index contributed by atoms with van der Waals surface area (Å²) in [6.07, 6.45) is 7.29. The van der Waals surface area contributed by atoms with Crippen LogP contribution in [0.3, 0.4) is 0 Å². The summed E-state index contributed by atoms with van der Waals surface area (Å²) in [4.78, 5) is 91.8. The number of ketones is 4. The molecule has 0 radical (unpaired) electrons. The normalized spacial score (nSPS) is 15.4.